The summed E-state index contributed by atoms with van der Waals surface area (Å²) in [5, 5.41) is 18.3. The van der Waals surface area contributed by atoms with Crippen molar-refractivity contribution < 1.29 is 14.7 Å². The van der Waals surface area contributed by atoms with Crippen molar-refractivity contribution >= 4 is 12.0 Å². The van der Waals surface area contributed by atoms with Gasteiger partial charge >= 0.3 is 12.0 Å². The number of amides is 2. The van der Waals surface area contributed by atoms with Crippen LogP contribution in [0.1, 0.15) is 26.5 Å². The summed E-state index contributed by atoms with van der Waals surface area (Å²) in [7, 11) is 1.83. The molecule has 0 fully saturated rings. The zero-order valence-corrected chi connectivity index (χ0v) is 12.3. The van der Waals surface area contributed by atoms with Gasteiger partial charge in [0.2, 0.25) is 0 Å². The Morgan fingerprint density at radius 3 is 2.55 bits per heavy atom. The fourth-order valence-corrected chi connectivity index (χ4v) is 1.78. The molecule has 112 valence electrons. The molecule has 0 spiro atoms. The number of carboxylic acids is 1. The molecule has 2 amide bonds. The maximum Gasteiger partial charge on any atom is 0.326 e. The lowest BCUT2D eigenvalue weighted by Crippen LogP contribution is -2.52. The first-order valence-corrected chi connectivity index (χ1v) is 6.46. The largest absolute Gasteiger partial charge is 0.480 e. The van der Waals surface area contributed by atoms with Crippen molar-refractivity contribution in [1.29, 1.82) is 0 Å². The van der Waals surface area contributed by atoms with Gasteiger partial charge in [-0.2, -0.15) is 5.10 Å². The molecule has 7 nitrogen and oxygen atoms in total. The van der Waals surface area contributed by atoms with E-state index in [-0.39, 0.29) is 0 Å². The van der Waals surface area contributed by atoms with Crippen LogP contribution in [0.15, 0.2) is 12.3 Å². The van der Waals surface area contributed by atoms with Crippen LogP contribution in [0.4, 0.5) is 4.79 Å². The first kappa shape index (κ1) is 16.0. The van der Waals surface area contributed by atoms with E-state index in [4.69, 9.17) is 5.11 Å². The van der Waals surface area contributed by atoms with E-state index in [1.807, 2.05) is 13.1 Å². The van der Waals surface area contributed by atoms with Crippen LogP contribution < -0.4 is 10.6 Å². The lowest BCUT2D eigenvalue weighted by Gasteiger charge is -2.27. The highest BCUT2D eigenvalue weighted by Gasteiger charge is 2.32. The van der Waals surface area contributed by atoms with Crippen molar-refractivity contribution in [3.8, 4) is 0 Å². The minimum absolute atomic E-state index is 0.419. The molecule has 0 bridgehead atoms. The summed E-state index contributed by atoms with van der Waals surface area (Å²) < 4.78 is 1.73. The van der Waals surface area contributed by atoms with Crippen molar-refractivity contribution in [2.45, 2.75) is 33.2 Å². The SMILES string of the molecule is Cn1nccc1CCNC(=O)N[C@H](C(=O)O)C(C)(C)C. The number of nitrogens with zero attached hydrogens (tertiary/aromatic N) is 2. The predicted molar refractivity (Wildman–Crippen MR) is 74.3 cm³/mol. The first-order chi connectivity index (χ1) is 9.21. The van der Waals surface area contributed by atoms with Crippen LogP contribution in [-0.2, 0) is 18.3 Å². The molecule has 1 aromatic rings. The third kappa shape index (κ3) is 4.56. The van der Waals surface area contributed by atoms with Crippen molar-refractivity contribution in [2.75, 3.05) is 6.54 Å². The summed E-state index contributed by atoms with van der Waals surface area (Å²) in [4.78, 5) is 22.8. The number of carbonyl (C=O) groups excluding carboxylic acids is 1. The second-order valence-corrected chi connectivity index (χ2v) is 5.73. The molecular formula is C13H22N4O3. The van der Waals surface area contributed by atoms with Gasteiger partial charge in [0, 0.05) is 31.9 Å². The molecule has 0 aromatic carbocycles. The molecule has 0 saturated carbocycles. The average molecular weight is 282 g/mol. The molecule has 0 saturated heterocycles. The van der Waals surface area contributed by atoms with E-state index in [1.165, 1.54) is 0 Å². The second kappa shape index (κ2) is 6.40. The molecule has 0 radical (unpaired) electrons. The highest BCUT2D eigenvalue weighted by Crippen LogP contribution is 2.19. The Balaban J connectivity index is 2.43. The van der Waals surface area contributed by atoms with E-state index >= 15 is 0 Å². The van der Waals surface area contributed by atoms with Gasteiger partial charge in [0.25, 0.3) is 0 Å². The molecule has 3 N–H and O–H groups in total. The average Bonchev–Trinajstić information content (AvgIpc) is 2.70. The maximum atomic E-state index is 11.7. The summed E-state index contributed by atoms with van der Waals surface area (Å²) in [5.41, 5.74) is 0.446. The molecule has 0 unspecified atom stereocenters. The minimum Gasteiger partial charge on any atom is -0.480 e. The highest BCUT2D eigenvalue weighted by molar-refractivity contribution is 5.83. The summed E-state index contributed by atoms with van der Waals surface area (Å²) in [5.74, 6) is -1.04. The van der Waals surface area contributed by atoms with Gasteiger partial charge in [-0.25, -0.2) is 9.59 Å². The monoisotopic (exact) mass is 282 g/mol. The lowest BCUT2D eigenvalue weighted by molar-refractivity contribution is -0.141. The number of carbonyl (C=O) groups is 2. The first-order valence-electron chi connectivity index (χ1n) is 6.46. The molecule has 1 heterocycles. The maximum absolute atomic E-state index is 11.7. The molecule has 0 aliphatic rings. The Bertz CT molecular complexity index is 476. The van der Waals surface area contributed by atoms with Gasteiger partial charge in [-0.15, -0.1) is 0 Å². The van der Waals surface area contributed by atoms with Crippen molar-refractivity contribution in [3.63, 3.8) is 0 Å². The van der Waals surface area contributed by atoms with Crippen molar-refractivity contribution in [1.82, 2.24) is 20.4 Å². The zero-order valence-electron chi connectivity index (χ0n) is 12.3. The number of rotatable bonds is 5. The predicted octanol–water partition coefficient (Wildman–Crippen LogP) is 0.761. The minimum atomic E-state index is -1.04. The van der Waals surface area contributed by atoms with Gasteiger partial charge in [-0.05, 0) is 11.5 Å². The topological polar surface area (TPSA) is 96.3 Å². The van der Waals surface area contributed by atoms with E-state index in [0.29, 0.717) is 13.0 Å². The quantitative estimate of drug-likeness (QED) is 0.743. The van der Waals surface area contributed by atoms with E-state index in [9.17, 15) is 9.59 Å². The molecular weight excluding hydrogens is 260 g/mol. The van der Waals surface area contributed by atoms with Crippen molar-refractivity contribution in [2.24, 2.45) is 12.5 Å². The van der Waals surface area contributed by atoms with Gasteiger partial charge in [-0.3, -0.25) is 4.68 Å². The van der Waals surface area contributed by atoms with Crippen LogP contribution in [0, 0.1) is 5.41 Å². The Morgan fingerprint density at radius 1 is 1.45 bits per heavy atom. The summed E-state index contributed by atoms with van der Waals surface area (Å²) in [6, 6.07) is 0.461. The van der Waals surface area contributed by atoms with Gasteiger partial charge in [0.15, 0.2) is 0 Å². The molecule has 0 aliphatic heterocycles. The number of carboxylic acid groups (broad SMARTS) is 1. The normalized spacial score (nSPS) is 12.8. The van der Waals surface area contributed by atoms with Crippen LogP contribution in [0.2, 0.25) is 0 Å². The number of nitrogens with one attached hydrogen (secondary N) is 2. The number of aliphatic carboxylic acids is 1. The second-order valence-electron chi connectivity index (χ2n) is 5.73. The number of hydrogen-bond donors (Lipinski definition) is 3. The van der Waals surface area contributed by atoms with Gasteiger partial charge in [-0.1, -0.05) is 20.8 Å². The lowest BCUT2D eigenvalue weighted by atomic mass is 9.87. The van der Waals surface area contributed by atoms with Gasteiger partial charge in [0.1, 0.15) is 6.04 Å². The Morgan fingerprint density at radius 2 is 2.10 bits per heavy atom. The Labute approximate surface area is 118 Å². The molecule has 1 aromatic heterocycles. The molecule has 20 heavy (non-hydrogen) atoms. The smallest absolute Gasteiger partial charge is 0.326 e. The number of hydrogen-bond acceptors (Lipinski definition) is 3. The van der Waals surface area contributed by atoms with Crippen LogP contribution >= 0.6 is 0 Å². The summed E-state index contributed by atoms with van der Waals surface area (Å²) >= 11 is 0. The van der Waals surface area contributed by atoms with E-state index in [1.54, 1.807) is 31.6 Å². The molecule has 0 aliphatic carbocycles. The third-order valence-corrected chi connectivity index (χ3v) is 2.98. The Kier molecular flexibility index (Phi) is 5.12. The number of urea groups is 1. The number of aryl methyl sites for hydroxylation is 1. The summed E-state index contributed by atoms with van der Waals surface area (Å²) in [6.45, 7) is 5.72. The van der Waals surface area contributed by atoms with Crippen LogP contribution in [-0.4, -0.2) is 39.5 Å². The fraction of sp³-hybridized carbons (Fsp3) is 0.615. The number of aromatic nitrogens is 2. The van der Waals surface area contributed by atoms with Crippen LogP contribution in [0.5, 0.6) is 0 Å². The fourth-order valence-electron chi connectivity index (χ4n) is 1.78. The molecule has 1 atom stereocenters. The van der Waals surface area contributed by atoms with Crippen LogP contribution in [0.25, 0.3) is 0 Å². The standard InChI is InChI=1S/C13H22N4O3/c1-13(2,3)10(11(18)19)16-12(20)14-7-5-9-6-8-15-17(9)4/h6,8,10H,5,7H2,1-4H3,(H,18,19)(H2,14,16,20)/t10-/m1/s1. The zero-order chi connectivity index (χ0) is 15.3. The Hall–Kier alpha value is -2.05. The highest BCUT2D eigenvalue weighted by atomic mass is 16.4. The van der Waals surface area contributed by atoms with Crippen LogP contribution in [0.3, 0.4) is 0 Å². The van der Waals surface area contributed by atoms with Crippen molar-refractivity contribution in [3.05, 3.63) is 18.0 Å². The molecule has 7 heteroatoms. The van der Waals surface area contributed by atoms with E-state index in [2.05, 4.69) is 15.7 Å². The van der Waals surface area contributed by atoms with E-state index in [0.717, 1.165) is 5.69 Å². The third-order valence-electron chi connectivity index (χ3n) is 2.98. The molecule has 1 rings (SSSR count). The van der Waals surface area contributed by atoms with Gasteiger partial charge < -0.3 is 15.7 Å². The van der Waals surface area contributed by atoms with E-state index < -0.39 is 23.5 Å². The van der Waals surface area contributed by atoms with Gasteiger partial charge in [0.05, 0.1) is 0 Å². The summed E-state index contributed by atoms with van der Waals surface area (Å²) in [6.07, 6.45) is 2.33.